The fourth-order valence-electron chi connectivity index (χ4n) is 6.72. The van der Waals surface area contributed by atoms with Gasteiger partial charge in [-0.25, -0.2) is 17.9 Å². The summed E-state index contributed by atoms with van der Waals surface area (Å²) in [4.78, 5) is 13.4. The van der Waals surface area contributed by atoms with Crippen molar-refractivity contribution in [1.29, 1.82) is 0 Å². The quantitative estimate of drug-likeness (QED) is 0.287. The lowest BCUT2D eigenvalue weighted by Gasteiger charge is -2.29. The number of sulfone groups is 1. The first kappa shape index (κ1) is 25.5. The SMILES string of the molecule is Cc1c(-c2[nH]c3ccc(C4CCC(CCC5(S(C)(=O)=O)CC5)CC4)nc3c2C(C)C)cn2ncnc2c1C. The summed E-state index contributed by atoms with van der Waals surface area (Å²) >= 11 is 0. The number of aromatic amines is 1. The van der Waals surface area contributed by atoms with Crippen LogP contribution in [0.25, 0.3) is 27.9 Å². The van der Waals surface area contributed by atoms with Crippen LogP contribution in [0, 0.1) is 19.8 Å². The molecule has 4 aromatic heterocycles. The van der Waals surface area contributed by atoms with Crippen molar-refractivity contribution in [2.45, 2.75) is 95.6 Å². The summed E-state index contributed by atoms with van der Waals surface area (Å²) in [6.45, 7) is 8.75. The molecule has 2 aliphatic rings. The number of nitrogens with zero attached hydrogens (tertiary/aromatic N) is 4. The van der Waals surface area contributed by atoms with E-state index in [2.05, 4.69) is 61.1 Å². The molecule has 1 N–H and O–H groups in total. The Kier molecular flexibility index (Phi) is 6.17. The van der Waals surface area contributed by atoms with Crippen molar-refractivity contribution in [2.24, 2.45) is 5.92 Å². The van der Waals surface area contributed by atoms with Gasteiger partial charge in [-0.1, -0.05) is 13.8 Å². The van der Waals surface area contributed by atoms with Crippen LogP contribution in [0.2, 0.25) is 0 Å². The van der Waals surface area contributed by atoms with E-state index in [1.165, 1.54) is 23.1 Å². The molecule has 0 aliphatic heterocycles. The fourth-order valence-corrected chi connectivity index (χ4v) is 8.05. The highest BCUT2D eigenvalue weighted by atomic mass is 32.2. The smallest absolute Gasteiger partial charge is 0.158 e. The zero-order valence-electron chi connectivity index (χ0n) is 23.2. The molecule has 4 heterocycles. The topological polar surface area (TPSA) is 93.0 Å². The van der Waals surface area contributed by atoms with Crippen LogP contribution in [0.4, 0.5) is 0 Å². The van der Waals surface area contributed by atoms with Gasteiger partial charge in [0.15, 0.2) is 15.5 Å². The van der Waals surface area contributed by atoms with Crippen molar-refractivity contribution in [3.8, 4) is 11.3 Å². The Morgan fingerprint density at radius 3 is 2.50 bits per heavy atom. The summed E-state index contributed by atoms with van der Waals surface area (Å²) in [6, 6.07) is 4.41. The highest BCUT2D eigenvalue weighted by molar-refractivity contribution is 7.92. The highest BCUT2D eigenvalue weighted by Gasteiger charge is 2.51. The van der Waals surface area contributed by atoms with Crippen LogP contribution in [0.3, 0.4) is 0 Å². The van der Waals surface area contributed by atoms with Gasteiger partial charge in [-0.15, -0.1) is 0 Å². The Labute approximate surface area is 225 Å². The molecule has 0 atom stereocenters. The first-order valence-electron chi connectivity index (χ1n) is 14.1. The van der Waals surface area contributed by atoms with E-state index in [1.54, 1.807) is 6.33 Å². The minimum Gasteiger partial charge on any atom is -0.353 e. The minimum absolute atomic E-state index is 0.313. The van der Waals surface area contributed by atoms with E-state index < -0.39 is 14.6 Å². The fraction of sp³-hybridized carbons (Fsp3) is 0.567. The standard InChI is InChI=1S/C30H39N5O2S/c1-18(2)26-27(23-16-35-29(31-17-32-35)20(4)19(23)3)34-25-11-10-24(33-28(25)26)22-8-6-21(7-9-22)12-13-30(14-15-30)38(5,36)37/h10-11,16-18,21-22,34H,6-9,12-15H2,1-5H3. The molecule has 4 aromatic rings. The van der Waals surface area contributed by atoms with E-state index in [1.807, 2.05) is 4.52 Å². The van der Waals surface area contributed by atoms with Crippen LogP contribution < -0.4 is 0 Å². The number of aryl methyl sites for hydroxylation is 1. The second-order valence-corrected chi connectivity index (χ2v) is 14.6. The maximum atomic E-state index is 12.2. The summed E-state index contributed by atoms with van der Waals surface area (Å²) in [7, 11) is -2.93. The lowest BCUT2D eigenvalue weighted by molar-refractivity contribution is 0.300. The molecule has 7 nitrogen and oxygen atoms in total. The lowest BCUT2D eigenvalue weighted by atomic mass is 9.78. The molecule has 8 heteroatoms. The van der Waals surface area contributed by atoms with Crippen molar-refractivity contribution in [3.05, 3.63) is 47.0 Å². The Hall–Kier alpha value is -2.74. The Bertz CT molecular complexity index is 1620. The molecule has 2 aliphatic carbocycles. The van der Waals surface area contributed by atoms with Crippen molar-refractivity contribution in [3.63, 3.8) is 0 Å². The van der Waals surface area contributed by atoms with Gasteiger partial charge in [-0.2, -0.15) is 5.10 Å². The predicted octanol–water partition coefficient (Wildman–Crippen LogP) is 6.64. The molecule has 2 saturated carbocycles. The van der Waals surface area contributed by atoms with Gasteiger partial charge in [0.2, 0.25) is 0 Å². The van der Waals surface area contributed by atoms with Crippen LogP contribution in [-0.2, 0) is 9.84 Å². The molecule has 38 heavy (non-hydrogen) atoms. The highest BCUT2D eigenvalue weighted by Crippen LogP contribution is 2.49. The number of fused-ring (bicyclic) bond motifs is 2. The number of rotatable bonds is 7. The number of pyridine rings is 2. The van der Waals surface area contributed by atoms with Gasteiger partial charge >= 0.3 is 0 Å². The first-order valence-corrected chi connectivity index (χ1v) is 16.0. The summed E-state index contributed by atoms with van der Waals surface area (Å²) in [6.07, 6.45) is 13.3. The Balaban J connectivity index is 1.25. The van der Waals surface area contributed by atoms with Crippen molar-refractivity contribution < 1.29 is 8.42 Å². The largest absolute Gasteiger partial charge is 0.353 e. The average Bonchev–Trinajstić information content (AvgIpc) is 3.38. The van der Waals surface area contributed by atoms with E-state index >= 15 is 0 Å². The molecule has 0 bridgehead atoms. The van der Waals surface area contributed by atoms with Crippen LogP contribution >= 0.6 is 0 Å². The van der Waals surface area contributed by atoms with Gasteiger partial charge in [0.25, 0.3) is 0 Å². The molecule has 0 unspecified atom stereocenters. The lowest BCUT2D eigenvalue weighted by Crippen LogP contribution is -2.23. The summed E-state index contributed by atoms with van der Waals surface area (Å²) < 4.78 is 25.8. The van der Waals surface area contributed by atoms with E-state index in [-0.39, 0.29) is 0 Å². The average molecular weight is 534 g/mol. The maximum absolute atomic E-state index is 12.2. The third-order valence-electron chi connectivity index (χ3n) is 9.54. The van der Waals surface area contributed by atoms with E-state index in [9.17, 15) is 8.42 Å². The second-order valence-electron chi connectivity index (χ2n) is 12.2. The van der Waals surface area contributed by atoms with Gasteiger partial charge < -0.3 is 4.98 Å². The zero-order chi connectivity index (χ0) is 26.8. The minimum atomic E-state index is -2.93. The van der Waals surface area contributed by atoms with Gasteiger partial charge in [-0.05, 0) is 100 Å². The van der Waals surface area contributed by atoms with E-state index in [0.717, 1.165) is 84.9 Å². The number of aromatic nitrogens is 5. The molecule has 2 fully saturated rings. The first-order chi connectivity index (χ1) is 18.1. The molecule has 0 saturated heterocycles. The second kappa shape index (κ2) is 9.18. The number of hydrogen-bond donors (Lipinski definition) is 1. The third-order valence-corrected chi connectivity index (χ3v) is 11.7. The van der Waals surface area contributed by atoms with Gasteiger partial charge in [0.05, 0.1) is 21.5 Å². The number of nitrogens with one attached hydrogen (secondary N) is 1. The van der Waals surface area contributed by atoms with Gasteiger partial charge in [0, 0.05) is 35.2 Å². The van der Waals surface area contributed by atoms with Crippen LogP contribution in [0.1, 0.15) is 99.4 Å². The normalized spacial score (nSPS) is 21.5. The van der Waals surface area contributed by atoms with Crippen molar-refractivity contribution in [1.82, 2.24) is 24.6 Å². The molecule has 6 rings (SSSR count). The van der Waals surface area contributed by atoms with Crippen LogP contribution in [-0.4, -0.2) is 44.0 Å². The molecular formula is C30H39N5O2S. The molecule has 0 aromatic carbocycles. The van der Waals surface area contributed by atoms with Gasteiger partial charge in [0.1, 0.15) is 6.33 Å². The molecule has 0 radical (unpaired) electrons. The molecular weight excluding hydrogens is 494 g/mol. The van der Waals surface area contributed by atoms with E-state index in [0.29, 0.717) is 17.8 Å². The molecule has 0 spiro atoms. The number of H-pyrrole nitrogens is 1. The van der Waals surface area contributed by atoms with Crippen LogP contribution in [0.15, 0.2) is 24.7 Å². The van der Waals surface area contributed by atoms with Crippen molar-refractivity contribution in [2.75, 3.05) is 6.26 Å². The number of hydrogen-bond acceptors (Lipinski definition) is 5. The zero-order valence-corrected chi connectivity index (χ0v) is 24.0. The molecule has 202 valence electrons. The summed E-state index contributed by atoms with van der Waals surface area (Å²) in [5.74, 6) is 1.42. The van der Waals surface area contributed by atoms with Crippen LogP contribution in [0.5, 0.6) is 0 Å². The maximum Gasteiger partial charge on any atom is 0.158 e. The summed E-state index contributed by atoms with van der Waals surface area (Å²) in [5.41, 5.74) is 10.1. The predicted molar refractivity (Wildman–Crippen MR) is 152 cm³/mol. The Morgan fingerprint density at radius 1 is 1.11 bits per heavy atom. The van der Waals surface area contributed by atoms with Crippen molar-refractivity contribution >= 4 is 26.5 Å². The third kappa shape index (κ3) is 4.25. The Morgan fingerprint density at radius 2 is 1.84 bits per heavy atom. The van der Waals surface area contributed by atoms with E-state index in [4.69, 9.17) is 4.98 Å². The monoisotopic (exact) mass is 533 g/mol. The van der Waals surface area contributed by atoms with Gasteiger partial charge in [-0.3, -0.25) is 4.98 Å². The summed E-state index contributed by atoms with van der Waals surface area (Å²) in [5, 5.41) is 4.40. The molecule has 0 amide bonds.